The van der Waals surface area contributed by atoms with E-state index < -0.39 is 5.41 Å². The van der Waals surface area contributed by atoms with Gasteiger partial charge in [0.05, 0.1) is 23.6 Å². The maximum absolute atomic E-state index is 13.6. The number of aromatic nitrogens is 1. The van der Waals surface area contributed by atoms with Crippen molar-refractivity contribution in [3.05, 3.63) is 60.2 Å². The summed E-state index contributed by atoms with van der Waals surface area (Å²) in [6, 6.07) is 12.7. The zero-order valence-electron chi connectivity index (χ0n) is 18.9. The van der Waals surface area contributed by atoms with Gasteiger partial charge in [-0.25, -0.2) is 4.39 Å². The molecule has 3 aliphatic rings. The molecule has 0 radical (unpaired) electrons. The molecule has 2 heterocycles. The first-order valence-electron chi connectivity index (χ1n) is 12.0. The second kappa shape index (κ2) is 8.74. The Kier molecular flexibility index (Phi) is 5.78. The Morgan fingerprint density at radius 1 is 1.24 bits per heavy atom. The van der Waals surface area contributed by atoms with Crippen LogP contribution in [0.5, 0.6) is 0 Å². The van der Waals surface area contributed by atoms with Gasteiger partial charge in [-0.1, -0.05) is 43.5 Å². The van der Waals surface area contributed by atoms with Crippen LogP contribution in [-0.4, -0.2) is 17.1 Å². The number of carbonyl (C=O) groups excluding carboxylic acids is 1. The lowest BCUT2D eigenvalue weighted by molar-refractivity contribution is -0.150. The fourth-order valence-corrected chi connectivity index (χ4v) is 6.79. The van der Waals surface area contributed by atoms with E-state index in [0.29, 0.717) is 11.8 Å². The molecule has 5 heteroatoms. The summed E-state index contributed by atoms with van der Waals surface area (Å²) in [7, 11) is 0. The normalized spacial score (nSPS) is 33.2. The Bertz CT molecular complexity index is 1110. The zero-order chi connectivity index (χ0) is 23.0. The van der Waals surface area contributed by atoms with Crippen LogP contribution in [0.15, 0.2) is 48.7 Å². The highest BCUT2D eigenvalue weighted by molar-refractivity contribution is 5.80. The number of pyridine rings is 1. The molecule has 2 saturated carbocycles. The molecule has 1 aliphatic heterocycles. The fourth-order valence-electron chi connectivity index (χ4n) is 6.79. The summed E-state index contributed by atoms with van der Waals surface area (Å²) in [5.74, 6) is 0.727. The number of hydrogen-bond acceptors (Lipinski definition) is 4. The highest BCUT2D eigenvalue weighted by atomic mass is 19.1. The van der Waals surface area contributed by atoms with Gasteiger partial charge in [-0.2, -0.15) is 5.26 Å². The van der Waals surface area contributed by atoms with Crippen LogP contribution in [0, 0.1) is 46.2 Å². The van der Waals surface area contributed by atoms with Crippen molar-refractivity contribution in [3.63, 3.8) is 0 Å². The second-order valence-electron chi connectivity index (χ2n) is 9.96. The van der Waals surface area contributed by atoms with Crippen molar-refractivity contribution < 1.29 is 13.9 Å². The third kappa shape index (κ3) is 3.86. The number of allylic oxidation sites excluding steroid dienone is 1. The van der Waals surface area contributed by atoms with Gasteiger partial charge >= 0.3 is 5.97 Å². The quantitative estimate of drug-likeness (QED) is 0.528. The molecule has 1 aromatic carbocycles. The van der Waals surface area contributed by atoms with E-state index >= 15 is 0 Å². The fraction of sp³-hybridized carbons (Fsp3) is 0.464. The largest absolute Gasteiger partial charge is 0.462 e. The Morgan fingerprint density at radius 3 is 2.85 bits per heavy atom. The van der Waals surface area contributed by atoms with Gasteiger partial charge in [0.25, 0.3) is 0 Å². The van der Waals surface area contributed by atoms with Crippen molar-refractivity contribution in [1.82, 2.24) is 4.98 Å². The number of cyclic esters (lactones) is 1. The van der Waals surface area contributed by atoms with Crippen LogP contribution < -0.4 is 0 Å². The standard InChI is InChI=1S/C28H29FN2O2/c1-18-26-25(12-11-23-10-9-21(17-31-23)19-6-4-7-22(29)15-19)24-8-3-2-5-20(24)16-28(26,13-14-30)27(32)33-18/h4,6-7,9-12,15,17-18,20,24-26H,2-3,5,8,13,16H2,1H3/b12-11+/t18?,20?,24-,25+,26?,28?/m1/s1. The number of fused-ring (bicyclic) bond motifs is 2. The number of hydrogen-bond donors (Lipinski definition) is 0. The summed E-state index contributed by atoms with van der Waals surface area (Å²) in [6.45, 7) is 1.98. The monoisotopic (exact) mass is 444 g/mol. The number of halogens is 1. The Morgan fingerprint density at radius 2 is 2.09 bits per heavy atom. The summed E-state index contributed by atoms with van der Waals surface area (Å²) in [6.07, 6.45) is 11.6. The Labute approximate surface area is 194 Å². The van der Waals surface area contributed by atoms with Crippen LogP contribution in [0.1, 0.15) is 51.1 Å². The molecule has 2 aliphatic carbocycles. The molecule has 1 aromatic heterocycles. The maximum atomic E-state index is 13.6. The first kappa shape index (κ1) is 21.8. The summed E-state index contributed by atoms with van der Waals surface area (Å²) in [5, 5.41) is 9.58. The zero-order valence-corrected chi connectivity index (χ0v) is 18.9. The van der Waals surface area contributed by atoms with E-state index in [1.165, 1.54) is 25.0 Å². The van der Waals surface area contributed by atoms with Crippen LogP contribution in [0.2, 0.25) is 0 Å². The van der Waals surface area contributed by atoms with Crippen molar-refractivity contribution in [2.24, 2.45) is 29.1 Å². The third-order valence-electron chi connectivity index (χ3n) is 8.17. The van der Waals surface area contributed by atoms with E-state index in [1.807, 2.05) is 31.2 Å². The number of benzene rings is 1. The average Bonchev–Trinajstić information content (AvgIpc) is 3.06. The van der Waals surface area contributed by atoms with Crippen LogP contribution in [0.4, 0.5) is 4.39 Å². The van der Waals surface area contributed by atoms with Gasteiger partial charge < -0.3 is 4.74 Å². The molecule has 0 bridgehead atoms. The number of carbonyl (C=O) groups is 1. The number of esters is 1. The van der Waals surface area contributed by atoms with Crippen molar-refractivity contribution in [3.8, 4) is 17.2 Å². The lowest BCUT2D eigenvalue weighted by Gasteiger charge is -2.50. The lowest BCUT2D eigenvalue weighted by atomic mass is 9.51. The number of rotatable bonds is 4. The van der Waals surface area contributed by atoms with E-state index in [1.54, 1.807) is 12.3 Å². The minimum atomic E-state index is -0.684. The summed E-state index contributed by atoms with van der Waals surface area (Å²) in [5.41, 5.74) is 1.81. The maximum Gasteiger partial charge on any atom is 0.313 e. The summed E-state index contributed by atoms with van der Waals surface area (Å²) < 4.78 is 19.3. The number of nitrogens with zero attached hydrogens (tertiary/aromatic N) is 2. The predicted octanol–water partition coefficient (Wildman–Crippen LogP) is 6.19. The van der Waals surface area contributed by atoms with Gasteiger partial charge in [-0.15, -0.1) is 0 Å². The van der Waals surface area contributed by atoms with Crippen LogP contribution in [0.25, 0.3) is 17.2 Å². The van der Waals surface area contributed by atoms with Crippen LogP contribution >= 0.6 is 0 Å². The summed E-state index contributed by atoms with van der Waals surface area (Å²) in [4.78, 5) is 17.6. The van der Waals surface area contributed by atoms with E-state index in [2.05, 4.69) is 17.1 Å². The second-order valence-corrected chi connectivity index (χ2v) is 9.96. The first-order valence-corrected chi connectivity index (χ1v) is 12.0. The minimum Gasteiger partial charge on any atom is -0.462 e. The van der Waals surface area contributed by atoms with Crippen molar-refractivity contribution >= 4 is 12.0 Å². The molecule has 170 valence electrons. The van der Waals surface area contributed by atoms with Gasteiger partial charge in [-0.05, 0) is 67.4 Å². The molecule has 2 aromatic rings. The SMILES string of the molecule is CC1OC(=O)C2(CC#N)CC3CCCC[C@H]3[C@H](/C=C/c3ccc(-c4cccc(F)c4)cn3)C12. The third-order valence-corrected chi connectivity index (χ3v) is 8.17. The molecular weight excluding hydrogens is 415 g/mol. The molecule has 6 atom stereocenters. The van der Waals surface area contributed by atoms with Gasteiger partial charge in [0.15, 0.2) is 0 Å². The van der Waals surface area contributed by atoms with Crippen molar-refractivity contribution in [2.75, 3.05) is 0 Å². The van der Waals surface area contributed by atoms with E-state index in [4.69, 9.17) is 4.74 Å². The molecule has 4 unspecified atom stereocenters. The molecule has 4 nitrogen and oxygen atoms in total. The Balaban J connectivity index is 1.45. The highest BCUT2D eigenvalue weighted by Crippen LogP contribution is 2.60. The van der Waals surface area contributed by atoms with Crippen molar-refractivity contribution in [2.45, 2.75) is 51.6 Å². The number of nitriles is 1. The van der Waals surface area contributed by atoms with Gasteiger partial charge in [0.1, 0.15) is 11.9 Å². The molecule has 5 rings (SSSR count). The minimum absolute atomic E-state index is 0.0202. The van der Waals surface area contributed by atoms with Gasteiger partial charge in [0, 0.05) is 17.7 Å². The highest BCUT2D eigenvalue weighted by Gasteiger charge is 2.63. The topological polar surface area (TPSA) is 63.0 Å². The predicted molar refractivity (Wildman–Crippen MR) is 124 cm³/mol. The molecule has 1 saturated heterocycles. The molecular formula is C28H29FN2O2. The van der Waals surface area contributed by atoms with Gasteiger partial charge in [0.2, 0.25) is 0 Å². The molecule has 0 spiro atoms. The molecule has 33 heavy (non-hydrogen) atoms. The molecule has 0 amide bonds. The Hall–Kier alpha value is -3.00. The summed E-state index contributed by atoms with van der Waals surface area (Å²) >= 11 is 0. The smallest absolute Gasteiger partial charge is 0.313 e. The van der Waals surface area contributed by atoms with Gasteiger partial charge in [-0.3, -0.25) is 9.78 Å². The molecule has 3 fully saturated rings. The van der Waals surface area contributed by atoms with Crippen molar-refractivity contribution in [1.29, 1.82) is 5.26 Å². The molecule has 0 N–H and O–H groups in total. The van der Waals surface area contributed by atoms with E-state index in [9.17, 15) is 14.4 Å². The van der Waals surface area contributed by atoms with E-state index in [-0.39, 0.29) is 36.1 Å². The van der Waals surface area contributed by atoms with Crippen LogP contribution in [-0.2, 0) is 9.53 Å². The van der Waals surface area contributed by atoms with Crippen LogP contribution in [0.3, 0.4) is 0 Å². The number of ether oxygens (including phenoxy) is 1. The van der Waals surface area contributed by atoms with E-state index in [0.717, 1.165) is 36.1 Å². The average molecular weight is 445 g/mol. The lowest BCUT2D eigenvalue weighted by Crippen LogP contribution is -2.49. The first-order chi connectivity index (χ1) is 16.0.